The Morgan fingerprint density at radius 3 is 2.43 bits per heavy atom. The van der Waals surface area contributed by atoms with Crippen molar-refractivity contribution in [2.45, 2.75) is 20.0 Å². The molecule has 0 atom stereocenters. The maximum absolute atomic E-state index is 11.6. The maximum Gasteiger partial charge on any atom is 0.228 e. The molecule has 0 heterocycles. The molecule has 21 heavy (non-hydrogen) atoms. The largest absolute Gasteiger partial charge is 0.489 e. The monoisotopic (exact) mass is 281 g/mol. The molecule has 1 amide bonds. The van der Waals surface area contributed by atoms with Crippen molar-refractivity contribution in [3.8, 4) is 5.75 Å². The van der Waals surface area contributed by atoms with Gasteiger partial charge in [-0.2, -0.15) is 0 Å². The lowest BCUT2D eigenvalue weighted by Crippen LogP contribution is -2.18. The predicted molar refractivity (Wildman–Crippen MR) is 83.9 cm³/mol. The third-order valence-corrected chi connectivity index (χ3v) is 2.95. The summed E-state index contributed by atoms with van der Waals surface area (Å²) in [5, 5.41) is 2.69. The first-order valence-electron chi connectivity index (χ1n) is 6.94. The molecule has 0 unspecified atom stereocenters. The van der Waals surface area contributed by atoms with Crippen LogP contribution in [0, 0.1) is 0 Å². The van der Waals surface area contributed by atoms with Gasteiger partial charge in [-0.15, -0.1) is 0 Å². The average molecular weight is 281 g/mol. The van der Waals surface area contributed by atoms with Crippen LogP contribution in [-0.4, -0.2) is 5.91 Å². The Morgan fingerprint density at radius 2 is 1.76 bits per heavy atom. The fraction of sp³-hybridized carbons (Fsp3) is 0.167. The molecule has 2 aromatic carbocycles. The van der Waals surface area contributed by atoms with Crippen molar-refractivity contribution < 1.29 is 9.53 Å². The van der Waals surface area contributed by atoms with Gasteiger partial charge in [-0.3, -0.25) is 4.79 Å². The quantitative estimate of drug-likeness (QED) is 0.880. The lowest BCUT2D eigenvalue weighted by molar-refractivity contribution is -0.119. The number of carbonyl (C=O) groups excluding carboxylic acids is 1. The van der Waals surface area contributed by atoms with E-state index in [1.807, 2.05) is 61.5 Å². The Labute approximate surface area is 125 Å². The first kappa shape index (κ1) is 14.9. The first-order chi connectivity index (χ1) is 10.3. The fourth-order valence-electron chi connectivity index (χ4n) is 1.86. The minimum atomic E-state index is -0.0222. The number of carbonyl (C=O) groups is 1. The van der Waals surface area contributed by atoms with Crippen LogP contribution in [0.15, 0.2) is 66.9 Å². The molecule has 0 spiro atoms. The van der Waals surface area contributed by atoms with Gasteiger partial charge in [0.25, 0.3) is 0 Å². The molecule has 1 N–H and O–H groups in total. The van der Waals surface area contributed by atoms with E-state index in [1.54, 1.807) is 12.3 Å². The molecule has 0 radical (unpaired) electrons. The first-order valence-corrected chi connectivity index (χ1v) is 6.94. The van der Waals surface area contributed by atoms with Crippen LogP contribution in [-0.2, 0) is 17.8 Å². The van der Waals surface area contributed by atoms with E-state index in [-0.39, 0.29) is 5.91 Å². The molecule has 2 rings (SSSR count). The second-order valence-corrected chi connectivity index (χ2v) is 4.66. The summed E-state index contributed by atoms with van der Waals surface area (Å²) < 4.78 is 5.71. The third kappa shape index (κ3) is 5.15. The number of amides is 1. The molecular formula is C18H19NO2. The molecule has 0 aliphatic rings. The predicted octanol–water partition coefficient (Wildman–Crippen LogP) is 3.46. The van der Waals surface area contributed by atoms with Crippen LogP contribution in [0.25, 0.3) is 0 Å². The summed E-state index contributed by atoms with van der Waals surface area (Å²) in [5.41, 5.74) is 2.09. The molecule has 3 heteroatoms. The molecule has 0 aliphatic heterocycles. The van der Waals surface area contributed by atoms with E-state index in [4.69, 9.17) is 4.74 Å². The zero-order valence-corrected chi connectivity index (χ0v) is 12.1. The van der Waals surface area contributed by atoms with E-state index in [9.17, 15) is 4.79 Å². The van der Waals surface area contributed by atoms with Gasteiger partial charge in [0.15, 0.2) is 0 Å². The van der Waals surface area contributed by atoms with Crippen molar-refractivity contribution in [3.05, 3.63) is 78.0 Å². The second kappa shape index (κ2) is 7.90. The highest BCUT2D eigenvalue weighted by atomic mass is 16.5. The van der Waals surface area contributed by atoms with Gasteiger partial charge in [-0.05, 0) is 36.4 Å². The fourth-order valence-corrected chi connectivity index (χ4v) is 1.86. The highest BCUT2D eigenvalue weighted by molar-refractivity contribution is 5.79. The van der Waals surface area contributed by atoms with Crippen LogP contribution in [0.5, 0.6) is 5.75 Å². The van der Waals surface area contributed by atoms with Gasteiger partial charge in [0, 0.05) is 0 Å². The molecule has 0 saturated heterocycles. The van der Waals surface area contributed by atoms with Crippen LogP contribution in [0.2, 0.25) is 0 Å². The normalized spacial score (nSPS) is 10.5. The van der Waals surface area contributed by atoms with Gasteiger partial charge in [0.2, 0.25) is 5.91 Å². The van der Waals surface area contributed by atoms with Crippen LogP contribution in [0.4, 0.5) is 0 Å². The Morgan fingerprint density at radius 1 is 1.05 bits per heavy atom. The summed E-state index contributed by atoms with van der Waals surface area (Å²) in [6, 6.07) is 17.6. The smallest absolute Gasteiger partial charge is 0.228 e. The summed E-state index contributed by atoms with van der Waals surface area (Å²) in [4.78, 5) is 11.6. The molecule has 0 fully saturated rings. The van der Waals surface area contributed by atoms with Crippen molar-refractivity contribution in [2.24, 2.45) is 0 Å². The SMILES string of the molecule is C/C=C/NC(=O)Cc1ccc(OCc2ccccc2)cc1. The standard InChI is InChI=1S/C18H19NO2/c1-2-12-19-18(20)13-15-8-10-17(11-9-15)21-14-16-6-4-3-5-7-16/h2-12H,13-14H2,1H3,(H,19,20)/b12-2+. The number of hydrogen-bond acceptors (Lipinski definition) is 2. The van der Waals surface area contributed by atoms with E-state index < -0.39 is 0 Å². The van der Waals surface area contributed by atoms with Crippen LogP contribution in [0.3, 0.4) is 0 Å². The Balaban J connectivity index is 1.85. The minimum Gasteiger partial charge on any atom is -0.489 e. The van der Waals surface area contributed by atoms with Gasteiger partial charge >= 0.3 is 0 Å². The number of rotatable bonds is 6. The van der Waals surface area contributed by atoms with E-state index in [2.05, 4.69) is 5.32 Å². The van der Waals surface area contributed by atoms with Gasteiger partial charge in [-0.25, -0.2) is 0 Å². The molecule has 0 saturated carbocycles. The van der Waals surface area contributed by atoms with Gasteiger partial charge in [-0.1, -0.05) is 48.5 Å². The highest BCUT2D eigenvalue weighted by Crippen LogP contribution is 2.14. The molecule has 0 aromatic heterocycles. The van der Waals surface area contributed by atoms with Crippen LogP contribution in [0.1, 0.15) is 18.1 Å². The van der Waals surface area contributed by atoms with Crippen LogP contribution >= 0.6 is 0 Å². The van der Waals surface area contributed by atoms with E-state index >= 15 is 0 Å². The van der Waals surface area contributed by atoms with Crippen molar-refractivity contribution in [2.75, 3.05) is 0 Å². The Hall–Kier alpha value is -2.55. The van der Waals surface area contributed by atoms with Crippen molar-refractivity contribution in [3.63, 3.8) is 0 Å². The molecule has 3 nitrogen and oxygen atoms in total. The highest BCUT2D eigenvalue weighted by Gasteiger charge is 2.02. The summed E-state index contributed by atoms with van der Waals surface area (Å²) in [6.07, 6.45) is 3.79. The third-order valence-electron chi connectivity index (χ3n) is 2.95. The molecule has 0 aliphatic carbocycles. The van der Waals surface area contributed by atoms with E-state index in [0.717, 1.165) is 16.9 Å². The van der Waals surface area contributed by atoms with Crippen LogP contribution < -0.4 is 10.1 Å². The molecular weight excluding hydrogens is 262 g/mol. The minimum absolute atomic E-state index is 0.0222. The molecule has 108 valence electrons. The second-order valence-electron chi connectivity index (χ2n) is 4.66. The average Bonchev–Trinajstić information content (AvgIpc) is 2.53. The summed E-state index contributed by atoms with van der Waals surface area (Å²) in [7, 11) is 0. The lowest BCUT2D eigenvalue weighted by atomic mass is 10.1. The Bertz CT molecular complexity index is 588. The number of benzene rings is 2. The van der Waals surface area contributed by atoms with Gasteiger partial charge < -0.3 is 10.1 Å². The summed E-state index contributed by atoms with van der Waals surface area (Å²) in [6.45, 7) is 2.40. The Kier molecular flexibility index (Phi) is 5.59. The van der Waals surface area contributed by atoms with Crippen molar-refractivity contribution in [1.82, 2.24) is 5.32 Å². The van der Waals surface area contributed by atoms with E-state index in [1.165, 1.54) is 0 Å². The molecule has 0 bridgehead atoms. The number of allylic oxidation sites excluding steroid dienone is 1. The zero-order valence-electron chi connectivity index (χ0n) is 12.1. The summed E-state index contributed by atoms with van der Waals surface area (Å²) in [5.74, 6) is 0.780. The summed E-state index contributed by atoms with van der Waals surface area (Å²) >= 11 is 0. The lowest BCUT2D eigenvalue weighted by Gasteiger charge is -2.07. The van der Waals surface area contributed by atoms with Crippen molar-refractivity contribution in [1.29, 1.82) is 0 Å². The maximum atomic E-state index is 11.6. The number of ether oxygens (including phenoxy) is 1. The van der Waals surface area contributed by atoms with E-state index in [0.29, 0.717) is 13.0 Å². The van der Waals surface area contributed by atoms with Crippen molar-refractivity contribution >= 4 is 5.91 Å². The number of nitrogens with one attached hydrogen (secondary N) is 1. The number of hydrogen-bond donors (Lipinski definition) is 1. The topological polar surface area (TPSA) is 38.3 Å². The van der Waals surface area contributed by atoms with Gasteiger partial charge in [0.1, 0.15) is 12.4 Å². The van der Waals surface area contributed by atoms with Gasteiger partial charge in [0.05, 0.1) is 6.42 Å². The zero-order chi connectivity index (χ0) is 14.9. The molecule has 2 aromatic rings.